The number of hydrogen-bond donors (Lipinski definition) is 1. The first-order valence-electron chi connectivity index (χ1n) is 9.73. The number of aryl methyl sites for hydroxylation is 2. The lowest BCUT2D eigenvalue weighted by molar-refractivity contribution is -0.116. The highest BCUT2D eigenvalue weighted by Gasteiger charge is 2.17. The fourth-order valence-electron chi connectivity index (χ4n) is 3.85. The molecule has 0 saturated carbocycles. The van der Waals surface area contributed by atoms with Crippen molar-refractivity contribution in [2.24, 2.45) is 0 Å². The third-order valence-electron chi connectivity index (χ3n) is 5.26. The van der Waals surface area contributed by atoms with Crippen molar-refractivity contribution >= 4 is 22.7 Å². The minimum Gasteiger partial charge on any atom is -0.408 e. The van der Waals surface area contributed by atoms with Crippen molar-refractivity contribution in [1.82, 2.24) is 14.1 Å². The number of anilines is 1. The molecule has 7 heteroatoms. The van der Waals surface area contributed by atoms with Crippen molar-refractivity contribution in [3.8, 4) is 11.3 Å². The quantitative estimate of drug-likeness (QED) is 0.581. The van der Waals surface area contributed by atoms with E-state index in [-0.39, 0.29) is 12.5 Å². The fourth-order valence-corrected chi connectivity index (χ4v) is 3.85. The van der Waals surface area contributed by atoms with Crippen LogP contribution in [0.15, 0.2) is 63.9 Å². The van der Waals surface area contributed by atoms with E-state index in [9.17, 15) is 9.59 Å². The summed E-state index contributed by atoms with van der Waals surface area (Å²) in [6.07, 6.45) is 5.34. The molecule has 0 atom stereocenters. The average molecular weight is 388 g/mol. The van der Waals surface area contributed by atoms with E-state index >= 15 is 0 Å². The maximum absolute atomic E-state index is 12.7. The van der Waals surface area contributed by atoms with Gasteiger partial charge in [-0.1, -0.05) is 30.3 Å². The second-order valence-corrected chi connectivity index (χ2v) is 7.21. The third kappa shape index (κ3) is 3.24. The number of carbonyl (C=O) groups is 1. The predicted octanol–water partition coefficient (Wildman–Crippen LogP) is 3.43. The largest absolute Gasteiger partial charge is 0.420 e. The Balaban J connectivity index is 1.42. The summed E-state index contributed by atoms with van der Waals surface area (Å²) in [6, 6.07) is 14.7. The molecule has 2 aromatic heterocycles. The number of carbonyl (C=O) groups excluding carboxylic acids is 1. The topological polar surface area (TPSA) is 82.1 Å². The number of rotatable bonds is 4. The molecular formula is C22H20N4O3. The lowest BCUT2D eigenvalue weighted by atomic mass is 10.1. The summed E-state index contributed by atoms with van der Waals surface area (Å²) in [5.74, 6) is 0.246. The molecule has 0 spiro atoms. The summed E-state index contributed by atoms with van der Waals surface area (Å²) >= 11 is 0. The summed E-state index contributed by atoms with van der Waals surface area (Å²) in [5.41, 5.74) is 3.46. The third-order valence-corrected chi connectivity index (χ3v) is 5.26. The van der Waals surface area contributed by atoms with Crippen LogP contribution in [0.5, 0.6) is 0 Å². The van der Waals surface area contributed by atoms with E-state index in [2.05, 4.69) is 9.88 Å². The maximum atomic E-state index is 12.7. The zero-order chi connectivity index (χ0) is 19.8. The van der Waals surface area contributed by atoms with E-state index in [1.54, 1.807) is 18.2 Å². The van der Waals surface area contributed by atoms with Gasteiger partial charge in [0.1, 0.15) is 12.4 Å². The Morgan fingerprint density at radius 3 is 2.83 bits per heavy atom. The van der Waals surface area contributed by atoms with E-state index in [1.165, 1.54) is 4.57 Å². The zero-order valence-corrected chi connectivity index (χ0v) is 15.8. The molecule has 0 fully saturated rings. The summed E-state index contributed by atoms with van der Waals surface area (Å²) in [5, 5.41) is 2.93. The molecular weight excluding hydrogens is 368 g/mol. The van der Waals surface area contributed by atoms with E-state index in [1.807, 2.05) is 36.5 Å². The van der Waals surface area contributed by atoms with Gasteiger partial charge in [0.15, 0.2) is 5.58 Å². The summed E-state index contributed by atoms with van der Waals surface area (Å²) in [6.45, 7) is 0.858. The molecule has 7 nitrogen and oxygen atoms in total. The normalized spacial score (nSPS) is 13.4. The average Bonchev–Trinajstić information content (AvgIpc) is 3.29. The van der Waals surface area contributed by atoms with Crippen LogP contribution in [0.25, 0.3) is 22.4 Å². The van der Waals surface area contributed by atoms with Gasteiger partial charge in [0.25, 0.3) is 0 Å². The van der Waals surface area contributed by atoms with Crippen molar-refractivity contribution in [3.05, 3.63) is 71.1 Å². The zero-order valence-electron chi connectivity index (χ0n) is 15.8. The number of nitrogens with one attached hydrogen (secondary N) is 1. The van der Waals surface area contributed by atoms with Crippen molar-refractivity contribution < 1.29 is 9.21 Å². The molecule has 146 valence electrons. The highest BCUT2D eigenvalue weighted by molar-refractivity contribution is 5.95. The van der Waals surface area contributed by atoms with Crippen LogP contribution in [-0.4, -0.2) is 20.0 Å². The first-order chi connectivity index (χ1) is 14.2. The monoisotopic (exact) mass is 388 g/mol. The molecule has 0 bridgehead atoms. The molecule has 1 aliphatic heterocycles. The van der Waals surface area contributed by atoms with E-state index in [4.69, 9.17) is 9.40 Å². The standard InChI is InChI=1S/C22H20N4O3/c27-21(14-26-18-9-3-4-10-19(18)29-22(26)28)24-16-8-2-1-7-15(16)17-13-25-12-6-5-11-20(25)23-17/h1-4,7-10,13H,5-6,11-12,14H2,(H,24,27). The van der Waals surface area contributed by atoms with Gasteiger partial charge < -0.3 is 14.3 Å². The van der Waals surface area contributed by atoms with Gasteiger partial charge in [-0.25, -0.2) is 9.78 Å². The molecule has 1 N–H and O–H groups in total. The smallest absolute Gasteiger partial charge is 0.408 e. The SMILES string of the molecule is O=C(Cn1c(=O)oc2ccccc21)Nc1ccccc1-c1cn2c(n1)CCCC2. The summed E-state index contributed by atoms with van der Waals surface area (Å²) in [4.78, 5) is 29.6. The van der Waals surface area contributed by atoms with Crippen molar-refractivity contribution in [1.29, 1.82) is 0 Å². The van der Waals surface area contributed by atoms with Crippen LogP contribution in [0.1, 0.15) is 18.7 Å². The first-order valence-corrected chi connectivity index (χ1v) is 9.73. The van der Waals surface area contributed by atoms with Crippen LogP contribution >= 0.6 is 0 Å². The molecule has 0 saturated heterocycles. The van der Waals surface area contributed by atoms with Crippen LogP contribution < -0.4 is 11.1 Å². The molecule has 29 heavy (non-hydrogen) atoms. The lowest BCUT2D eigenvalue weighted by Crippen LogP contribution is -2.25. The molecule has 1 amide bonds. The second kappa shape index (κ2) is 7.09. The molecule has 4 aromatic rings. The van der Waals surface area contributed by atoms with Crippen molar-refractivity contribution in [2.75, 3.05) is 5.32 Å². The number of hydrogen-bond acceptors (Lipinski definition) is 4. The van der Waals surface area contributed by atoms with Crippen LogP contribution in [0.4, 0.5) is 5.69 Å². The molecule has 0 aliphatic carbocycles. The maximum Gasteiger partial charge on any atom is 0.420 e. The van der Waals surface area contributed by atoms with Crippen LogP contribution in [-0.2, 0) is 24.3 Å². The minimum absolute atomic E-state index is 0.121. The van der Waals surface area contributed by atoms with Crippen LogP contribution in [0, 0.1) is 0 Å². The number of aromatic nitrogens is 3. The second-order valence-electron chi connectivity index (χ2n) is 7.21. The van der Waals surface area contributed by atoms with E-state index in [0.717, 1.165) is 42.9 Å². The molecule has 0 unspecified atom stereocenters. The number of benzene rings is 2. The number of fused-ring (bicyclic) bond motifs is 2. The fraction of sp³-hybridized carbons (Fsp3) is 0.227. The highest BCUT2D eigenvalue weighted by atomic mass is 16.4. The van der Waals surface area contributed by atoms with Gasteiger partial charge in [0.05, 0.1) is 16.9 Å². The minimum atomic E-state index is -0.545. The summed E-state index contributed by atoms with van der Waals surface area (Å²) in [7, 11) is 0. The van der Waals surface area contributed by atoms with Gasteiger partial charge in [-0.05, 0) is 31.0 Å². The number of amides is 1. The number of imidazole rings is 1. The molecule has 1 aliphatic rings. The number of nitrogens with zero attached hydrogens (tertiary/aromatic N) is 3. The van der Waals surface area contributed by atoms with Gasteiger partial charge in [0.2, 0.25) is 5.91 Å². The Morgan fingerprint density at radius 1 is 1.10 bits per heavy atom. The van der Waals surface area contributed by atoms with Crippen molar-refractivity contribution in [3.63, 3.8) is 0 Å². The van der Waals surface area contributed by atoms with Crippen LogP contribution in [0.3, 0.4) is 0 Å². The Kier molecular flexibility index (Phi) is 4.27. The molecule has 0 radical (unpaired) electrons. The summed E-state index contributed by atoms with van der Waals surface area (Å²) < 4.78 is 8.73. The van der Waals surface area contributed by atoms with Gasteiger partial charge in [-0.15, -0.1) is 0 Å². The molecule has 2 aromatic carbocycles. The highest BCUT2D eigenvalue weighted by Crippen LogP contribution is 2.29. The van der Waals surface area contributed by atoms with Gasteiger partial charge >= 0.3 is 5.76 Å². The Bertz CT molecular complexity index is 1240. The Hall–Kier alpha value is -3.61. The predicted molar refractivity (Wildman–Crippen MR) is 110 cm³/mol. The number of oxazole rings is 1. The van der Waals surface area contributed by atoms with E-state index in [0.29, 0.717) is 16.8 Å². The Labute approximate surface area is 166 Å². The Morgan fingerprint density at radius 2 is 1.93 bits per heavy atom. The van der Waals surface area contributed by atoms with Gasteiger partial charge in [0, 0.05) is 24.7 Å². The molecule has 3 heterocycles. The lowest BCUT2D eigenvalue weighted by Gasteiger charge is -2.11. The first kappa shape index (κ1) is 17.5. The van der Waals surface area contributed by atoms with Gasteiger partial charge in [-0.3, -0.25) is 9.36 Å². The number of para-hydroxylation sites is 3. The molecule has 5 rings (SSSR count). The van der Waals surface area contributed by atoms with Crippen molar-refractivity contribution in [2.45, 2.75) is 32.4 Å². The van der Waals surface area contributed by atoms with Gasteiger partial charge in [-0.2, -0.15) is 0 Å². The van der Waals surface area contributed by atoms with Crippen LogP contribution in [0.2, 0.25) is 0 Å². The van der Waals surface area contributed by atoms with E-state index < -0.39 is 5.76 Å².